The quantitative estimate of drug-likeness (QED) is 0.920. The minimum Gasteiger partial charge on any atom is -0.444 e. The largest absolute Gasteiger partial charge is 0.444 e. The number of hydrogen-bond acceptors (Lipinski definition) is 3. The topological polar surface area (TPSA) is 55.4 Å². The van der Waals surface area contributed by atoms with Crippen LogP contribution in [-0.4, -0.2) is 23.0 Å². The number of benzene rings is 1. The zero-order valence-corrected chi connectivity index (χ0v) is 12.8. The summed E-state index contributed by atoms with van der Waals surface area (Å²) in [4.78, 5) is 24.0. The summed E-state index contributed by atoms with van der Waals surface area (Å²) in [5.74, 6) is -0.0606. The lowest BCUT2D eigenvalue weighted by Crippen LogP contribution is -2.51. The molecule has 0 bridgehead atoms. The molecule has 20 heavy (non-hydrogen) atoms. The van der Waals surface area contributed by atoms with Crippen LogP contribution < -0.4 is 5.32 Å². The van der Waals surface area contributed by atoms with Gasteiger partial charge in [0.1, 0.15) is 5.60 Å². The van der Waals surface area contributed by atoms with Crippen molar-refractivity contribution in [3.63, 3.8) is 0 Å². The minimum absolute atomic E-state index is 0.0606. The van der Waals surface area contributed by atoms with Crippen molar-refractivity contribution in [2.24, 2.45) is 0 Å². The Balaban J connectivity index is 2.64. The lowest BCUT2D eigenvalue weighted by atomic mass is 9.94. The van der Waals surface area contributed by atoms with Crippen LogP contribution in [0.1, 0.15) is 40.2 Å². The molecule has 1 aromatic rings. The molecule has 0 saturated carbocycles. The first-order chi connectivity index (χ1) is 9.10. The van der Waals surface area contributed by atoms with E-state index in [4.69, 9.17) is 4.74 Å². The van der Waals surface area contributed by atoms with E-state index in [0.29, 0.717) is 0 Å². The van der Waals surface area contributed by atoms with Crippen molar-refractivity contribution in [2.75, 3.05) is 0 Å². The molecule has 1 aromatic carbocycles. The predicted molar refractivity (Wildman–Crippen MR) is 78.6 cm³/mol. The third kappa shape index (κ3) is 5.43. The van der Waals surface area contributed by atoms with Crippen LogP contribution in [0.25, 0.3) is 0 Å². The molecule has 0 aliphatic rings. The molecular weight excluding hydrogens is 254 g/mol. The highest BCUT2D eigenvalue weighted by Gasteiger charge is 2.31. The Morgan fingerprint density at radius 1 is 1.05 bits per heavy atom. The third-order valence-corrected chi connectivity index (χ3v) is 2.72. The van der Waals surface area contributed by atoms with E-state index < -0.39 is 17.2 Å². The van der Waals surface area contributed by atoms with E-state index in [2.05, 4.69) is 5.32 Å². The second kappa shape index (κ2) is 6.07. The van der Waals surface area contributed by atoms with E-state index in [0.717, 1.165) is 5.56 Å². The molecule has 0 unspecified atom stereocenters. The van der Waals surface area contributed by atoms with E-state index in [1.165, 1.54) is 0 Å². The van der Waals surface area contributed by atoms with Crippen LogP contribution in [0, 0.1) is 0 Å². The Labute approximate surface area is 120 Å². The summed E-state index contributed by atoms with van der Waals surface area (Å²) in [5.41, 5.74) is -0.613. The summed E-state index contributed by atoms with van der Waals surface area (Å²) in [7, 11) is 0. The maximum atomic E-state index is 12.3. The van der Waals surface area contributed by atoms with Gasteiger partial charge in [0.15, 0.2) is 5.78 Å². The van der Waals surface area contributed by atoms with E-state index in [9.17, 15) is 9.59 Å². The maximum Gasteiger partial charge on any atom is 0.408 e. The van der Waals surface area contributed by atoms with E-state index in [1.807, 2.05) is 30.3 Å². The van der Waals surface area contributed by atoms with Crippen molar-refractivity contribution in [2.45, 2.75) is 52.2 Å². The average molecular weight is 277 g/mol. The fourth-order valence-corrected chi connectivity index (χ4v) is 1.63. The monoisotopic (exact) mass is 277 g/mol. The standard InChI is InChI=1S/C16H23NO3/c1-15(2,3)20-14(19)17-16(4,5)13(18)11-12-9-7-6-8-10-12/h6-10H,11H2,1-5H3,(H,17,19). The van der Waals surface area contributed by atoms with Crippen molar-refractivity contribution in [1.82, 2.24) is 5.32 Å². The van der Waals surface area contributed by atoms with Crippen LogP contribution in [0.2, 0.25) is 0 Å². The van der Waals surface area contributed by atoms with Gasteiger partial charge < -0.3 is 10.1 Å². The lowest BCUT2D eigenvalue weighted by Gasteiger charge is -2.27. The second-order valence-electron chi connectivity index (χ2n) is 6.34. The summed E-state index contributed by atoms with van der Waals surface area (Å²) in [6, 6.07) is 9.45. The number of Topliss-reactive ketones (excluding diaryl/α,β-unsaturated/α-hetero) is 1. The van der Waals surface area contributed by atoms with Gasteiger partial charge in [-0.25, -0.2) is 4.79 Å². The Hall–Kier alpha value is -1.84. The van der Waals surface area contributed by atoms with Crippen molar-refractivity contribution in [3.05, 3.63) is 35.9 Å². The minimum atomic E-state index is -0.960. The van der Waals surface area contributed by atoms with Crippen molar-refractivity contribution < 1.29 is 14.3 Å². The van der Waals surface area contributed by atoms with Crippen molar-refractivity contribution in [3.8, 4) is 0 Å². The number of hydrogen-bond donors (Lipinski definition) is 1. The normalized spacial score (nSPS) is 11.8. The third-order valence-electron chi connectivity index (χ3n) is 2.72. The van der Waals surface area contributed by atoms with Crippen molar-refractivity contribution >= 4 is 11.9 Å². The summed E-state index contributed by atoms with van der Waals surface area (Å²) >= 11 is 0. The molecule has 110 valence electrons. The fraction of sp³-hybridized carbons (Fsp3) is 0.500. The number of alkyl carbamates (subject to hydrolysis) is 1. The van der Waals surface area contributed by atoms with Gasteiger partial charge in [0.05, 0.1) is 5.54 Å². The van der Waals surface area contributed by atoms with Gasteiger partial charge in [0, 0.05) is 6.42 Å². The van der Waals surface area contributed by atoms with Gasteiger partial charge in [-0.1, -0.05) is 30.3 Å². The highest BCUT2D eigenvalue weighted by molar-refractivity contribution is 5.92. The first-order valence-electron chi connectivity index (χ1n) is 6.68. The molecule has 1 rings (SSSR count). The number of ether oxygens (including phenoxy) is 1. The molecule has 4 heteroatoms. The summed E-state index contributed by atoms with van der Waals surface area (Å²) in [5, 5.41) is 2.62. The molecule has 1 N–H and O–H groups in total. The number of ketones is 1. The van der Waals surface area contributed by atoms with Gasteiger partial charge in [-0.2, -0.15) is 0 Å². The Morgan fingerprint density at radius 2 is 1.60 bits per heavy atom. The first-order valence-corrected chi connectivity index (χ1v) is 6.68. The van der Waals surface area contributed by atoms with E-state index >= 15 is 0 Å². The van der Waals surface area contributed by atoms with Crippen LogP contribution in [0.4, 0.5) is 4.79 Å². The fourth-order valence-electron chi connectivity index (χ4n) is 1.63. The summed E-state index contributed by atoms with van der Waals surface area (Å²) in [6.07, 6.45) is -0.298. The Kier molecular flexibility index (Phi) is 4.93. The summed E-state index contributed by atoms with van der Waals surface area (Å²) < 4.78 is 5.17. The number of nitrogens with one attached hydrogen (secondary N) is 1. The Morgan fingerprint density at radius 3 is 2.10 bits per heavy atom. The van der Waals surface area contributed by atoms with Gasteiger partial charge >= 0.3 is 6.09 Å². The molecule has 0 atom stereocenters. The van der Waals surface area contributed by atoms with Crippen LogP contribution in [0.5, 0.6) is 0 Å². The molecule has 0 radical (unpaired) electrons. The highest BCUT2D eigenvalue weighted by atomic mass is 16.6. The molecule has 0 aliphatic carbocycles. The number of rotatable bonds is 4. The highest BCUT2D eigenvalue weighted by Crippen LogP contribution is 2.12. The molecule has 4 nitrogen and oxygen atoms in total. The van der Waals surface area contributed by atoms with Crippen LogP contribution in [0.3, 0.4) is 0 Å². The maximum absolute atomic E-state index is 12.3. The molecular formula is C16H23NO3. The first kappa shape index (κ1) is 16.2. The van der Waals surface area contributed by atoms with Gasteiger partial charge in [-0.15, -0.1) is 0 Å². The smallest absolute Gasteiger partial charge is 0.408 e. The number of carbonyl (C=O) groups excluding carboxylic acids is 2. The van der Waals surface area contributed by atoms with Gasteiger partial charge in [-0.05, 0) is 40.2 Å². The van der Waals surface area contributed by atoms with Gasteiger partial charge in [-0.3, -0.25) is 4.79 Å². The molecule has 0 heterocycles. The molecule has 0 fully saturated rings. The SMILES string of the molecule is CC(C)(C)OC(=O)NC(C)(C)C(=O)Cc1ccccc1. The van der Waals surface area contributed by atoms with Crippen LogP contribution in [0.15, 0.2) is 30.3 Å². The molecule has 1 amide bonds. The van der Waals surface area contributed by atoms with Gasteiger partial charge in [0.2, 0.25) is 0 Å². The predicted octanol–water partition coefficient (Wildman–Crippen LogP) is 3.10. The zero-order chi connectivity index (χ0) is 15.4. The van der Waals surface area contributed by atoms with E-state index in [-0.39, 0.29) is 12.2 Å². The zero-order valence-electron chi connectivity index (χ0n) is 12.8. The number of carbonyl (C=O) groups is 2. The molecule has 0 spiro atoms. The van der Waals surface area contributed by atoms with Gasteiger partial charge in [0.25, 0.3) is 0 Å². The lowest BCUT2D eigenvalue weighted by molar-refractivity contribution is -0.123. The van der Waals surface area contributed by atoms with Crippen LogP contribution in [-0.2, 0) is 16.0 Å². The van der Waals surface area contributed by atoms with E-state index in [1.54, 1.807) is 34.6 Å². The molecule has 0 aliphatic heterocycles. The van der Waals surface area contributed by atoms with Crippen molar-refractivity contribution in [1.29, 1.82) is 0 Å². The molecule has 0 saturated heterocycles. The number of amides is 1. The second-order valence-corrected chi connectivity index (χ2v) is 6.34. The van der Waals surface area contributed by atoms with Crippen LogP contribution >= 0.6 is 0 Å². The average Bonchev–Trinajstić information content (AvgIpc) is 2.26. The Bertz CT molecular complexity index is 472. The summed E-state index contributed by atoms with van der Waals surface area (Å²) in [6.45, 7) is 8.71. The molecule has 0 aromatic heterocycles.